The van der Waals surface area contributed by atoms with Crippen molar-refractivity contribution in [3.8, 4) is 0 Å². The molecule has 1 saturated heterocycles. The minimum atomic E-state index is -0.0206. The van der Waals surface area contributed by atoms with E-state index in [1.165, 1.54) is 44.1 Å². The van der Waals surface area contributed by atoms with E-state index in [2.05, 4.69) is 13.5 Å². The highest BCUT2D eigenvalue weighted by Crippen LogP contribution is 2.42. The lowest BCUT2D eigenvalue weighted by Gasteiger charge is -2.32. The van der Waals surface area contributed by atoms with E-state index in [-0.39, 0.29) is 12.1 Å². The van der Waals surface area contributed by atoms with Crippen molar-refractivity contribution in [3.05, 3.63) is 12.2 Å². The Morgan fingerprint density at radius 3 is 2.88 bits per heavy atom. The van der Waals surface area contributed by atoms with Gasteiger partial charge in [-0.1, -0.05) is 44.8 Å². The molecule has 0 aromatic carbocycles. The first-order chi connectivity index (χ1) is 8.22. The molecule has 0 spiro atoms. The number of hydrogen-bond acceptors (Lipinski definition) is 2. The van der Waals surface area contributed by atoms with Gasteiger partial charge in [0.2, 0.25) is 0 Å². The summed E-state index contributed by atoms with van der Waals surface area (Å²) in [7, 11) is 0. The summed E-state index contributed by atoms with van der Waals surface area (Å²) in [5, 5.41) is 0. The molecule has 17 heavy (non-hydrogen) atoms. The Morgan fingerprint density at radius 1 is 1.29 bits per heavy atom. The van der Waals surface area contributed by atoms with Gasteiger partial charge in [-0.25, -0.2) is 0 Å². The Labute approximate surface area is 104 Å². The molecule has 0 N–H and O–H groups in total. The third kappa shape index (κ3) is 2.91. The fraction of sp³-hybridized carbons (Fsp3) is 0.800. The Bertz CT molecular complexity index is 295. The zero-order valence-corrected chi connectivity index (χ0v) is 10.9. The number of unbranched alkanes of at least 4 members (excludes halogenated alkanes) is 3. The average molecular weight is 236 g/mol. The maximum absolute atomic E-state index is 11.3. The van der Waals surface area contributed by atoms with E-state index >= 15 is 0 Å². The molecule has 0 bridgehead atoms. The first-order valence-electron chi connectivity index (χ1n) is 7.10. The smallest absolute Gasteiger partial charge is 0.306 e. The summed E-state index contributed by atoms with van der Waals surface area (Å²) in [6.07, 6.45) is 9.49. The molecule has 2 aliphatic rings. The van der Waals surface area contributed by atoms with E-state index in [1.807, 2.05) is 0 Å². The number of esters is 1. The van der Waals surface area contributed by atoms with Gasteiger partial charge in [0.05, 0.1) is 6.42 Å². The number of fused-ring (bicyclic) bond motifs is 1. The number of carbonyl (C=O) groups excluding carboxylic acids is 1. The Morgan fingerprint density at radius 2 is 2.12 bits per heavy atom. The normalized spacial score (nSPS) is 32.4. The quantitative estimate of drug-likeness (QED) is 0.411. The van der Waals surface area contributed by atoms with Crippen molar-refractivity contribution in [1.82, 2.24) is 0 Å². The van der Waals surface area contributed by atoms with Crippen molar-refractivity contribution >= 4 is 5.97 Å². The Hall–Kier alpha value is -0.790. The average Bonchev–Trinajstić information content (AvgIpc) is 2.69. The van der Waals surface area contributed by atoms with Crippen molar-refractivity contribution < 1.29 is 9.53 Å². The molecule has 1 aliphatic heterocycles. The second-order valence-electron chi connectivity index (χ2n) is 5.54. The molecule has 2 nitrogen and oxygen atoms in total. The molecule has 96 valence electrons. The van der Waals surface area contributed by atoms with Gasteiger partial charge in [0, 0.05) is 5.92 Å². The molecule has 0 amide bonds. The molecule has 2 fully saturated rings. The number of ether oxygens (including phenoxy) is 1. The van der Waals surface area contributed by atoms with Crippen molar-refractivity contribution in [2.75, 3.05) is 0 Å². The molecule has 1 heterocycles. The van der Waals surface area contributed by atoms with E-state index in [9.17, 15) is 4.79 Å². The van der Waals surface area contributed by atoms with E-state index in [4.69, 9.17) is 4.74 Å². The van der Waals surface area contributed by atoms with Crippen LogP contribution in [0.1, 0.15) is 58.3 Å². The van der Waals surface area contributed by atoms with Gasteiger partial charge in [-0.05, 0) is 25.2 Å². The monoisotopic (exact) mass is 236 g/mol. The van der Waals surface area contributed by atoms with Gasteiger partial charge in [-0.2, -0.15) is 0 Å². The highest BCUT2D eigenvalue weighted by atomic mass is 16.5. The molecule has 1 aliphatic carbocycles. The lowest BCUT2D eigenvalue weighted by molar-refractivity contribution is -0.141. The SMILES string of the molecule is C=C1C(CCCCCC)CC[C@H]2OC(=O)C[C@H]12. The van der Waals surface area contributed by atoms with Crippen LogP contribution in [0.4, 0.5) is 0 Å². The molecular weight excluding hydrogens is 212 g/mol. The van der Waals surface area contributed by atoms with Crippen LogP contribution in [0.5, 0.6) is 0 Å². The first kappa shape index (κ1) is 12.7. The minimum absolute atomic E-state index is 0.0206. The van der Waals surface area contributed by atoms with Gasteiger partial charge in [0.15, 0.2) is 0 Å². The second kappa shape index (κ2) is 5.70. The molecule has 0 radical (unpaired) electrons. The lowest BCUT2D eigenvalue weighted by Crippen LogP contribution is -2.28. The van der Waals surface area contributed by atoms with Crippen molar-refractivity contribution in [2.45, 2.75) is 64.4 Å². The van der Waals surface area contributed by atoms with Gasteiger partial charge in [-0.15, -0.1) is 0 Å². The fourth-order valence-corrected chi connectivity index (χ4v) is 3.24. The molecule has 1 unspecified atom stereocenters. The molecule has 2 heteroatoms. The summed E-state index contributed by atoms with van der Waals surface area (Å²) in [6, 6.07) is 0. The van der Waals surface area contributed by atoms with Crippen LogP contribution >= 0.6 is 0 Å². The van der Waals surface area contributed by atoms with Crippen LogP contribution in [0, 0.1) is 11.8 Å². The predicted octanol–water partition coefficient (Wildman–Crippen LogP) is 3.85. The van der Waals surface area contributed by atoms with Gasteiger partial charge in [0.25, 0.3) is 0 Å². The van der Waals surface area contributed by atoms with Gasteiger partial charge in [-0.3, -0.25) is 4.79 Å². The molecule has 1 saturated carbocycles. The Balaban J connectivity index is 1.81. The van der Waals surface area contributed by atoms with Crippen molar-refractivity contribution in [2.24, 2.45) is 11.8 Å². The van der Waals surface area contributed by atoms with Crippen LogP contribution in [-0.4, -0.2) is 12.1 Å². The predicted molar refractivity (Wildman–Crippen MR) is 68.6 cm³/mol. The standard InChI is InChI=1S/C15H24O2/c1-3-4-5-6-7-12-8-9-14-13(11(12)2)10-15(16)17-14/h12-14H,2-10H2,1H3/t12?,13-,14-/m1/s1. The summed E-state index contributed by atoms with van der Waals surface area (Å²) >= 11 is 0. The maximum Gasteiger partial charge on any atom is 0.306 e. The van der Waals surface area contributed by atoms with E-state index in [1.54, 1.807) is 0 Å². The highest BCUT2D eigenvalue weighted by molar-refractivity contribution is 5.73. The number of hydrogen-bond donors (Lipinski definition) is 0. The van der Waals surface area contributed by atoms with Crippen LogP contribution < -0.4 is 0 Å². The van der Waals surface area contributed by atoms with Gasteiger partial charge >= 0.3 is 5.97 Å². The summed E-state index contributed by atoms with van der Waals surface area (Å²) < 4.78 is 5.33. The lowest BCUT2D eigenvalue weighted by atomic mass is 9.73. The first-order valence-corrected chi connectivity index (χ1v) is 7.10. The topological polar surface area (TPSA) is 26.3 Å². The fourth-order valence-electron chi connectivity index (χ4n) is 3.24. The molecule has 0 aromatic rings. The van der Waals surface area contributed by atoms with E-state index in [0.29, 0.717) is 18.3 Å². The van der Waals surface area contributed by atoms with E-state index < -0.39 is 0 Å². The van der Waals surface area contributed by atoms with Crippen molar-refractivity contribution in [3.63, 3.8) is 0 Å². The second-order valence-corrected chi connectivity index (χ2v) is 5.54. The van der Waals surface area contributed by atoms with Crippen LogP contribution in [0.2, 0.25) is 0 Å². The van der Waals surface area contributed by atoms with Crippen molar-refractivity contribution in [1.29, 1.82) is 0 Å². The van der Waals surface area contributed by atoms with Crippen LogP contribution in [0.3, 0.4) is 0 Å². The summed E-state index contributed by atoms with van der Waals surface area (Å²) in [6.45, 7) is 6.48. The van der Waals surface area contributed by atoms with Gasteiger partial charge in [0.1, 0.15) is 6.10 Å². The van der Waals surface area contributed by atoms with Crippen LogP contribution in [0.15, 0.2) is 12.2 Å². The zero-order chi connectivity index (χ0) is 12.3. The largest absolute Gasteiger partial charge is 0.462 e. The molecule has 0 aromatic heterocycles. The Kier molecular flexibility index (Phi) is 4.25. The third-order valence-corrected chi connectivity index (χ3v) is 4.32. The maximum atomic E-state index is 11.3. The number of carbonyl (C=O) groups is 1. The van der Waals surface area contributed by atoms with Crippen LogP contribution in [-0.2, 0) is 9.53 Å². The molecule has 2 rings (SSSR count). The third-order valence-electron chi connectivity index (χ3n) is 4.32. The number of rotatable bonds is 5. The summed E-state index contributed by atoms with van der Waals surface area (Å²) in [5.74, 6) is 0.947. The van der Waals surface area contributed by atoms with E-state index in [0.717, 1.165) is 6.42 Å². The molecule has 3 atom stereocenters. The molecular formula is C15H24O2. The van der Waals surface area contributed by atoms with Gasteiger partial charge < -0.3 is 4.74 Å². The highest BCUT2D eigenvalue weighted by Gasteiger charge is 2.41. The zero-order valence-electron chi connectivity index (χ0n) is 10.9. The summed E-state index contributed by atoms with van der Waals surface area (Å²) in [4.78, 5) is 11.3. The van der Waals surface area contributed by atoms with Crippen LogP contribution in [0.25, 0.3) is 0 Å². The summed E-state index contributed by atoms with van der Waals surface area (Å²) in [5.41, 5.74) is 1.29. The minimum Gasteiger partial charge on any atom is -0.462 e.